The minimum atomic E-state index is -0.650. The van der Waals surface area contributed by atoms with Gasteiger partial charge in [-0.2, -0.15) is 0 Å². The second kappa shape index (κ2) is 5.44. The van der Waals surface area contributed by atoms with Crippen LogP contribution in [0.4, 0.5) is 5.69 Å². The highest BCUT2D eigenvalue weighted by molar-refractivity contribution is 6.06. The van der Waals surface area contributed by atoms with Crippen LogP contribution < -0.4 is 10.2 Å². The SMILES string of the molecule is COC(=O)[C@@H]1Cc2cccc3c2N1C(=O)[C@@H](NC(C)=O)CC3. The van der Waals surface area contributed by atoms with Crippen LogP contribution in [0.5, 0.6) is 0 Å². The van der Waals surface area contributed by atoms with Gasteiger partial charge in [-0.25, -0.2) is 4.79 Å². The number of anilines is 1. The highest BCUT2D eigenvalue weighted by atomic mass is 16.5. The molecule has 1 aromatic carbocycles. The third-order valence-corrected chi connectivity index (χ3v) is 4.26. The van der Waals surface area contributed by atoms with E-state index < -0.39 is 18.1 Å². The standard InChI is InChI=1S/C16H18N2O4/c1-9(19)17-12-7-6-10-4-3-5-11-8-13(16(21)22-2)18(14(10)11)15(12)20/h3-5,12-13H,6-8H2,1-2H3,(H,17,19)/t12-,13-/m0/s1. The first kappa shape index (κ1) is 14.6. The number of hydrogen-bond donors (Lipinski definition) is 1. The Labute approximate surface area is 128 Å². The molecule has 1 aromatic rings. The predicted molar refractivity (Wildman–Crippen MR) is 79.4 cm³/mol. The van der Waals surface area contributed by atoms with E-state index >= 15 is 0 Å². The molecule has 2 heterocycles. The zero-order valence-electron chi connectivity index (χ0n) is 12.6. The van der Waals surface area contributed by atoms with E-state index in [9.17, 15) is 14.4 Å². The molecule has 2 aliphatic heterocycles. The largest absolute Gasteiger partial charge is 0.467 e. The van der Waals surface area contributed by atoms with Crippen LogP contribution in [0.25, 0.3) is 0 Å². The molecule has 0 fully saturated rings. The van der Waals surface area contributed by atoms with Crippen molar-refractivity contribution in [2.24, 2.45) is 0 Å². The Kier molecular flexibility index (Phi) is 3.60. The molecule has 6 nitrogen and oxygen atoms in total. The second-order valence-corrected chi connectivity index (χ2v) is 5.67. The van der Waals surface area contributed by atoms with Gasteiger partial charge in [-0.15, -0.1) is 0 Å². The van der Waals surface area contributed by atoms with Gasteiger partial charge in [0, 0.05) is 13.3 Å². The highest BCUT2D eigenvalue weighted by Gasteiger charge is 2.44. The fourth-order valence-electron chi connectivity index (χ4n) is 3.33. The van der Waals surface area contributed by atoms with E-state index in [0.717, 1.165) is 16.8 Å². The van der Waals surface area contributed by atoms with Gasteiger partial charge in [0.2, 0.25) is 11.8 Å². The number of carbonyl (C=O) groups is 3. The Morgan fingerprint density at radius 2 is 2.05 bits per heavy atom. The van der Waals surface area contributed by atoms with Gasteiger partial charge in [0.25, 0.3) is 0 Å². The molecule has 6 heteroatoms. The van der Waals surface area contributed by atoms with Gasteiger partial charge in [0.15, 0.2) is 0 Å². The number of hydrogen-bond acceptors (Lipinski definition) is 4. The lowest BCUT2D eigenvalue weighted by molar-refractivity contribution is -0.143. The van der Waals surface area contributed by atoms with Crippen LogP contribution in [0.2, 0.25) is 0 Å². The summed E-state index contributed by atoms with van der Waals surface area (Å²) in [4.78, 5) is 37.8. The summed E-state index contributed by atoms with van der Waals surface area (Å²) >= 11 is 0. The first-order chi connectivity index (χ1) is 10.5. The maximum absolute atomic E-state index is 12.8. The van der Waals surface area contributed by atoms with Gasteiger partial charge in [-0.3, -0.25) is 14.5 Å². The van der Waals surface area contributed by atoms with Gasteiger partial charge in [0.05, 0.1) is 12.8 Å². The topological polar surface area (TPSA) is 75.7 Å². The Hall–Kier alpha value is -2.37. The summed E-state index contributed by atoms with van der Waals surface area (Å²) in [6, 6.07) is 4.58. The number of para-hydroxylation sites is 1. The van der Waals surface area contributed by atoms with Crippen molar-refractivity contribution in [2.75, 3.05) is 12.0 Å². The van der Waals surface area contributed by atoms with E-state index in [0.29, 0.717) is 19.3 Å². The fraction of sp³-hybridized carbons (Fsp3) is 0.438. The van der Waals surface area contributed by atoms with E-state index in [4.69, 9.17) is 4.74 Å². The molecule has 3 rings (SSSR count). The molecular weight excluding hydrogens is 284 g/mol. The van der Waals surface area contributed by atoms with Gasteiger partial charge >= 0.3 is 5.97 Å². The number of nitrogens with zero attached hydrogens (tertiary/aromatic N) is 1. The third-order valence-electron chi connectivity index (χ3n) is 4.26. The van der Waals surface area contributed by atoms with Crippen molar-refractivity contribution in [1.82, 2.24) is 5.32 Å². The first-order valence-electron chi connectivity index (χ1n) is 7.31. The molecule has 0 saturated heterocycles. The Bertz CT molecular complexity index is 656. The van der Waals surface area contributed by atoms with Crippen LogP contribution in [0.1, 0.15) is 24.5 Å². The maximum Gasteiger partial charge on any atom is 0.329 e. The summed E-state index contributed by atoms with van der Waals surface area (Å²) in [7, 11) is 1.32. The second-order valence-electron chi connectivity index (χ2n) is 5.67. The van der Waals surface area contributed by atoms with E-state index in [1.807, 2.05) is 18.2 Å². The van der Waals surface area contributed by atoms with Gasteiger partial charge in [0.1, 0.15) is 12.1 Å². The Morgan fingerprint density at radius 3 is 2.73 bits per heavy atom. The number of methoxy groups -OCH3 is 1. The van der Waals surface area contributed by atoms with Gasteiger partial charge < -0.3 is 10.1 Å². The molecule has 116 valence electrons. The molecule has 2 amide bonds. The van der Waals surface area contributed by atoms with Crippen molar-refractivity contribution in [3.8, 4) is 0 Å². The lowest BCUT2D eigenvalue weighted by atomic mass is 10.0. The predicted octanol–water partition coefficient (Wildman–Crippen LogP) is 0.568. The van der Waals surface area contributed by atoms with Crippen LogP contribution in [0.15, 0.2) is 18.2 Å². The lowest BCUT2D eigenvalue weighted by Crippen LogP contribution is -2.52. The number of rotatable bonds is 2. The van der Waals surface area contributed by atoms with Crippen molar-refractivity contribution in [3.05, 3.63) is 29.3 Å². The van der Waals surface area contributed by atoms with Gasteiger partial charge in [-0.05, 0) is 24.0 Å². The molecule has 1 N–H and O–H groups in total. The molecular formula is C16H18N2O4. The molecule has 22 heavy (non-hydrogen) atoms. The molecule has 0 unspecified atom stereocenters. The number of nitrogens with one attached hydrogen (secondary N) is 1. The summed E-state index contributed by atoms with van der Waals surface area (Å²) in [5.41, 5.74) is 2.82. The maximum atomic E-state index is 12.8. The monoisotopic (exact) mass is 302 g/mol. The molecule has 2 aliphatic rings. The number of carbonyl (C=O) groups excluding carboxylic acids is 3. The zero-order chi connectivity index (χ0) is 15.9. The van der Waals surface area contributed by atoms with Crippen molar-refractivity contribution >= 4 is 23.5 Å². The zero-order valence-corrected chi connectivity index (χ0v) is 12.6. The van der Waals surface area contributed by atoms with E-state index in [1.165, 1.54) is 18.9 Å². The molecule has 0 aliphatic carbocycles. The van der Waals surface area contributed by atoms with Crippen LogP contribution >= 0.6 is 0 Å². The smallest absolute Gasteiger partial charge is 0.329 e. The van der Waals surface area contributed by atoms with E-state index in [2.05, 4.69) is 5.32 Å². The quantitative estimate of drug-likeness (QED) is 0.810. The number of amides is 2. The lowest BCUT2D eigenvalue weighted by Gasteiger charge is -2.26. The average Bonchev–Trinajstić information content (AvgIpc) is 2.83. The van der Waals surface area contributed by atoms with Crippen molar-refractivity contribution in [2.45, 2.75) is 38.3 Å². The summed E-state index contributed by atoms with van der Waals surface area (Å²) in [6.45, 7) is 1.39. The third kappa shape index (κ3) is 2.24. The van der Waals surface area contributed by atoms with Crippen LogP contribution in [-0.2, 0) is 32.0 Å². The minimum Gasteiger partial charge on any atom is -0.467 e. The van der Waals surface area contributed by atoms with Gasteiger partial charge in [-0.1, -0.05) is 18.2 Å². The molecule has 0 saturated carbocycles. The minimum absolute atomic E-state index is 0.241. The van der Waals surface area contributed by atoms with E-state index in [1.54, 1.807) is 0 Å². The van der Waals surface area contributed by atoms with Crippen molar-refractivity contribution in [1.29, 1.82) is 0 Å². The van der Waals surface area contributed by atoms with Crippen molar-refractivity contribution in [3.63, 3.8) is 0 Å². The summed E-state index contributed by atoms with van der Waals surface area (Å²) in [6.07, 6.45) is 1.66. The van der Waals surface area contributed by atoms with E-state index in [-0.39, 0.29) is 11.8 Å². The summed E-state index contributed by atoms with van der Waals surface area (Å²) < 4.78 is 4.85. The summed E-state index contributed by atoms with van der Waals surface area (Å²) in [5.74, 6) is -0.924. The number of aryl methyl sites for hydroxylation is 1. The van der Waals surface area contributed by atoms with Crippen LogP contribution in [0.3, 0.4) is 0 Å². The number of esters is 1. The number of benzene rings is 1. The normalized spacial score (nSPS) is 22.8. The first-order valence-corrected chi connectivity index (χ1v) is 7.31. The fourth-order valence-corrected chi connectivity index (χ4v) is 3.33. The Morgan fingerprint density at radius 1 is 1.32 bits per heavy atom. The van der Waals surface area contributed by atoms with Crippen LogP contribution in [0, 0.1) is 0 Å². The summed E-state index contributed by atoms with van der Waals surface area (Å²) in [5, 5.41) is 2.69. The molecule has 0 aromatic heterocycles. The van der Waals surface area contributed by atoms with Crippen LogP contribution in [-0.4, -0.2) is 37.0 Å². The highest BCUT2D eigenvalue weighted by Crippen LogP contribution is 2.39. The van der Waals surface area contributed by atoms with Crippen molar-refractivity contribution < 1.29 is 19.1 Å². The molecule has 0 radical (unpaired) electrons. The number of ether oxygens (including phenoxy) is 1. The molecule has 0 bridgehead atoms. The Balaban J connectivity index is 2.05. The molecule has 2 atom stereocenters. The average molecular weight is 302 g/mol. The molecule has 0 spiro atoms.